The van der Waals surface area contributed by atoms with E-state index >= 15 is 0 Å². The minimum atomic E-state index is -5.08. The van der Waals surface area contributed by atoms with Crippen LogP contribution in [-0.2, 0) is 45.1 Å². The van der Waals surface area contributed by atoms with Crippen LogP contribution in [0.25, 0.3) is 33.8 Å². The average Bonchev–Trinajstić information content (AvgIpc) is 1.79. The zero-order chi connectivity index (χ0) is 79.4. The molecule has 0 radical (unpaired) electrons. The Morgan fingerprint density at radius 1 is 0.541 bits per heavy atom. The molecule has 3 aliphatic carbocycles. The zero-order valence-electron chi connectivity index (χ0n) is 63.0. The van der Waals surface area contributed by atoms with Crippen LogP contribution in [-0.4, -0.2) is 174 Å². The lowest BCUT2D eigenvalue weighted by molar-refractivity contribution is -0.192. The number of H-pyrrole nitrogens is 5. The highest BCUT2D eigenvalue weighted by Crippen LogP contribution is 2.42. The van der Waals surface area contributed by atoms with Crippen LogP contribution in [0, 0.1) is 0 Å². The summed E-state index contributed by atoms with van der Waals surface area (Å²) in [6, 6.07) is 32.7. The summed E-state index contributed by atoms with van der Waals surface area (Å²) in [6.45, 7) is 16.3. The van der Waals surface area contributed by atoms with Gasteiger partial charge in [0.15, 0.2) is 8.32 Å². The van der Waals surface area contributed by atoms with Gasteiger partial charge in [0.05, 0.1) is 63.8 Å². The first kappa shape index (κ1) is 82.4. The summed E-state index contributed by atoms with van der Waals surface area (Å²) < 4.78 is 73.8. The van der Waals surface area contributed by atoms with Gasteiger partial charge in [-0.25, -0.2) is 34.1 Å². The van der Waals surface area contributed by atoms with E-state index in [0.717, 1.165) is 133 Å². The van der Waals surface area contributed by atoms with Gasteiger partial charge in [-0.2, -0.15) is 28.5 Å². The molecule has 3 aliphatic rings. The Balaban J connectivity index is 0.000000175. The molecule has 0 saturated heterocycles. The molecule has 6 aromatic heterocycles. The molecule has 13 rings (SSSR count). The number of carboxylic acids is 2. The topological polar surface area (TPSA) is 414 Å². The molecule has 0 atom stereocenters. The minimum Gasteiger partial charge on any atom is -0.497 e. The molecule has 0 spiro atoms. The monoisotopic (exact) mass is 1550 g/mol. The van der Waals surface area contributed by atoms with Gasteiger partial charge in [-0.05, 0) is 196 Å². The van der Waals surface area contributed by atoms with E-state index in [1.807, 2.05) is 54.6 Å². The number of alkyl halides is 3. The van der Waals surface area contributed by atoms with Crippen molar-refractivity contribution in [2.24, 2.45) is 0 Å². The van der Waals surface area contributed by atoms with E-state index in [1.54, 1.807) is 44.2 Å². The van der Waals surface area contributed by atoms with Crippen LogP contribution in [0.3, 0.4) is 0 Å². The Bertz CT molecular complexity index is 4620. The van der Waals surface area contributed by atoms with Crippen molar-refractivity contribution < 1.29 is 85.6 Å². The average molecular weight is 1550 g/mol. The van der Waals surface area contributed by atoms with Gasteiger partial charge in [-0.3, -0.25) is 15.3 Å². The predicted molar refractivity (Wildman–Crippen MR) is 400 cm³/mol. The molecule has 0 unspecified atom stereocenters. The molecule has 3 saturated carbocycles. The second-order valence-electron chi connectivity index (χ2n) is 28.6. The van der Waals surface area contributed by atoms with E-state index in [0.29, 0.717) is 36.8 Å². The molecule has 9 N–H and O–H groups in total. The normalized spacial score (nSPS) is 17.8. The molecular weight excluding hydrogens is 1460 g/mol. The summed E-state index contributed by atoms with van der Waals surface area (Å²) in [5, 5.41) is 85.2. The van der Waals surface area contributed by atoms with Crippen molar-refractivity contribution in [3.8, 4) is 57.2 Å². The number of methoxy groups -OCH3 is 1. The molecule has 6 heterocycles. The van der Waals surface area contributed by atoms with Gasteiger partial charge in [0.25, 0.3) is 11.8 Å². The van der Waals surface area contributed by atoms with Crippen molar-refractivity contribution in [2.75, 3.05) is 20.3 Å². The van der Waals surface area contributed by atoms with Gasteiger partial charge in [0.2, 0.25) is 23.0 Å². The van der Waals surface area contributed by atoms with Crippen molar-refractivity contribution >= 4 is 32.2 Å². The number of aromatic nitrogens is 15. The number of aliphatic carboxylic acids is 1. The first-order valence-electron chi connectivity index (χ1n) is 36.8. The molecule has 30 nitrogen and oxygen atoms in total. The fraction of sp³-hybridized carbons (Fsp3) is 0.442. The summed E-state index contributed by atoms with van der Waals surface area (Å²) >= 11 is 0. The quantitative estimate of drug-likeness (QED) is 0.0189. The van der Waals surface area contributed by atoms with E-state index in [2.05, 4.69) is 148 Å². The van der Waals surface area contributed by atoms with Gasteiger partial charge in [-0.1, -0.05) is 113 Å². The number of esters is 2. The molecule has 34 heteroatoms. The molecule has 4 aromatic carbocycles. The lowest BCUT2D eigenvalue weighted by Gasteiger charge is -2.36. The van der Waals surface area contributed by atoms with Crippen molar-refractivity contribution in [1.82, 2.24) is 76.4 Å². The van der Waals surface area contributed by atoms with Crippen molar-refractivity contribution in [3.05, 3.63) is 172 Å². The number of hydrogen-bond acceptors (Lipinski definition) is 22. The summed E-state index contributed by atoms with van der Waals surface area (Å²) in [5.74, 6) is -2.40. The smallest absolute Gasteiger partial charge is 0.490 e. The number of ether oxygens (including phenoxy) is 6. The maximum absolute atomic E-state index is 12.8. The number of aromatic carboxylic acids is 1. The number of nitrogens with zero attached hydrogens (tertiary/aromatic N) is 10. The number of aromatic amines is 5. The largest absolute Gasteiger partial charge is 0.497 e. The van der Waals surface area contributed by atoms with Crippen LogP contribution in [0.2, 0.25) is 18.1 Å². The number of benzene rings is 4. The van der Waals surface area contributed by atoms with Gasteiger partial charge in [0, 0.05) is 35.3 Å². The number of hydrogen-bond donors (Lipinski definition) is 9. The standard InChI is InChI=1S/C35H47N5O5Si.C21H25N5O4.C19H21N5O4.C2HF3O2/c1-8-43-34(41)32-33(40(39-38-32)22-24-9-14-28(42-5)15-10-24)45-29-16-11-25(12-17-29)26-13-18-30(31-19-20-36-37-31)27(21-26)23-44-46(6,7)35(2,3)4;1-2-29-21(28)19-20(25-26-24-19)30-16-6-3-13(4-7-16)14-5-8-17(15(11-14)12-27)18-9-10-22-23-18;25-10-13-9-12(3-6-15(13)16-7-8-20-21-16)11-1-4-14(5-2-11)28-18-17(19(26)27)22-24-23-18;3-2(4,5)1(6)7/h9-10,13-15,18-21,25,29H,8,11-12,16-17,22-23H2,1-7H3,(H,36,37);5,8-11,13,16,27H,2-4,6-7,12H2,1H3,(H,22,23)(H,24,25,26);3,6-9,11,14,25H,1-2,4-5,10H2,(H,20,21)(H,26,27)(H,22,23,24);(H,6,7). The van der Waals surface area contributed by atoms with Crippen molar-refractivity contribution in [3.63, 3.8) is 0 Å². The van der Waals surface area contributed by atoms with Gasteiger partial charge in [0.1, 0.15) is 24.1 Å². The number of carbonyl (C=O) groups is 4. The fourth-order valence-electron chi connectivity index (χ4n) is 13.3. The SMILES string of the molecule is CCOC(=O)c1[nH]nnc1OC1CCC(c2ccc(-c3ccn[nH]3)c(CO)c2)CC1.CCOC(=O)c1nnn(Cc2ccc(OC)cc2)c1OC1CCC(c2ccc(-c3ccn[nH]3)c(CO[Si](C)(C)C(C)(C)C)c2)CC1.O=C(O)C(F)(F)F.O=C(O)c1[nH]nnc1OC1CCC(c2ccc(-c3ccn[nH]3)c(CO)c2)CC1. The van der Waals surface area contributed by atoms with Crippen LogP contribution in [0.5, 0.6) is 23.4 Å². The second kappa shape index (κ2) is 38.0. The third-order valence-electron chi connectivity index (χ3n) is 20.4. The predicted octanol–water partition coefficient (Wildman–Crippen LogP) is 13.6. The first-order chi connectivity index (χ1) is 53.3. The summed E-state index contributed by atoms with van der Waals surface area (Å²) in [5.41, 5.74) is 13.6. The Kier molecular flexibility index (Phi) is 28.2. The molecule has 10 aromatic rings. The molecule has 0 aliphatic heterocycles. The highest BCUT2D eigenvalue weighted by molar-refractivity contribution is 6.74. The number of carboxylic acid groups (broad SMARTS) is 2. The molecular formula is C77H94F3N15O15Si. The third-order valence-corrected chi connectivity index (χ3v) is 24.9. The summed E-state index contributed by atoms with van der Waals surface area (Å²) in [4.78, 5) is 44.7. The van der Waals surface area contributed by atoms with Gasteiger partial charge >= 0.3 is 30.1 Å². The fourth-order valence-corrected chi connectivity index (χ4v) is 14.3. The summed E-state index contributed by atoms with van der Waals surface area (Å²) in [6.07, 6.45) is 10.6. The highest BCUT2D eigenvalue weighted by atomic mass is 28.4. The van der Waals surface area contributed by atoms with Gasteiger partial charge in [-0.15, -0.1) is 5.10 Å². The maximum atomic E-state index is 12.8. The Morgan fingerprint density at radius 3 is 1.35 bits per heavy atom. The highest BCUT2D eigenvalue weighted by Gasteiger charge is 2.39. The Labute approximate surface area is 639 Å². The van der Waals surface area contributed by atoms with Gasteiger partial charge < -0.3 is 53.3 Å². The maximum Gasteiger partial charge on any atom is 0.490 e. The molecule has 111 heavy (non-hydrogen) atoms. The number of aliphatic hydroxyl groups is 2. The van der Waals surface area contributed by atoms with E-state index in [-0.39, 0.29) is 78.6 Å². The lowest BCUT2D eigenvalue weighted by Crippen LogP contribution is -2.40. The lowest BCUT2D eigenvalue weighted by atomic mass is 9.81. The van der Waals surface area contributed by atoms with Crippen LogP contribution < -0.4 is 18.9 Å². The van der Waals surface area contributed by atoms with E-state index in [9.17, 15) is 37.8 Å². The van der Waals surface area contributed by atoms with Crippen LogP contribution in [0.4, 0.5) is 13.2 Å². The summed E-state index contributed by atoms with van der Waals surface area (Å²) in [7, 11) is -0.301. The first-order valence-corrected chi connectivity index (χ1v) is 39.7. The van der Waals surface area contributed by atoms with Crippen molar-refractivity contribution in [1.29, 1.82) is 0 Å². The number of halogens is 3. The van der Waals surface area contributed by atoms with Crippen molar-refractivity contribution in [2.45, 2.75) is 198 Å². The number of aliphatic hydroxyl groups excluding tert-OH is 2. The zero-order valence-corrected chi connectivity index (χ0v) is 64.0. The Morgan fingerprint density at radius 2 is 0.955 bits per heavy atom. The van der Waals surface area contributed by atoms with E-state index in [4.69, 9.17) is 47.9 Å². The number of rotatable bonds is 25. The van der Waals surface area contributed by atoms with E-state index < -0.39 is 38.4 Å². The third kappa shape index (κ3) is 21.7. The Hall–Kier alpha value is -11.1. The molecule has 0 amide bonds. The van der Waals surface area contributed by atoms with Crippen LogP contribution >= 0.6 is 0 Å². The van der Waals surface area contributed by atoms with Crippen LogP contribution in [0.1, 0.15) is 200 Å². The number of carbonyl (C=O) groups excluding carboxylic acids is 2. The molecule has 592 valence electrons. The van der Waals surface area contributed by atoms with Crippen LogP contribution in [0.15, 0.2) is 116 Å². The second-order valence-corrected chi connectivity index (χ2v) is 33.4. The van der Waals surface area contributed by atoms with E-state index in [1.165, 1.54) is 22.3 Å². The molecule has 3 fully saturated rings. The molecule has 0 bridgehead atoms. The minimum absolute atomic E-state index is 0.0244. The number of nitrogens with one attached hydrogen (secondary N) is 5.